The molecule has 4 aromatic rings. The van der Waals surface area contributed by atoms with Crippen molar-refractivity contribution in [3.63, 3.8) is 0 Å². The van der Waals surface area contributed by atoms with Crippen LogP contribution in [0.3, 0.4) is 0 Å². The van der Waals surface area contributed by atoms with Crippen LogP contribution in [0.4, 0.5) is 10.1 Å². The van der Waals surface area contributed by atoms with Crippen LogP contribution in [0.5, 0.6) is 0 Å². The van der Waals surface area contributed by atoms with Crippen LogP contribution in [0.25, 0.3) is 10.9 Å². The molecule has 0 aliphatic carbocycles. The molecule has 6 nitrogen and oxygen atoms in total. The van der Waals surface area contributed by atoms with E-state index in [0.717, 1.165) is 16.6 Å². The second kappa shape index (κ2) is 10.7. The number of benzene rings is 3. The molecule has 1 heterocycles. The molecule has 0 saturated carbocycles. The molecule has 1 N–H and O–H groups in total. The van der Waals surface area contributed by atoms with Crippen molar-refractivity contribution in [2.75, 3.05) is 0 Å². The van der Waals surface area contributed by atoms with Gasteiger partial charge in [0.25, 0.3) is 5.69 Å². The molecule has 7 heteroatoms. The summed E-state index contributed by atoms with van der Waals surface area (Å²) in [5, 5.41) is 15.3. The summed E-state index contributed by atoms with van der Waals surface area (Å²) < 4.78 is 16.3. The standard InChI is InChI=1S/C29H30FN3O3/c1-19(2)20(3)31-29(34)16-25(22-10-7-11-23(30)14-22)27-18-32(17-21-8-5-4-6-9-21)28-13-12-24(33(35)36)15-26(27)28/h4-15,18-20,25H,16-17H2,1-3H3,(H,31,34)/t20-,25-/m1/s1. The minimum Gasteiger partial charge on any atom is -0.353 e. The number of rotatable bonds is 9. The van der Waals surface area contributed by atoms with E-state index in [0.29, 0.717) is 17.5 Å². The van der Waals surface area contributed by atoms with Crippen molar-refractivity contribution in [3.8, 4) is 0 Å². The molecule has 4 rings (SSSR count). The monoisotopic (exact) mass is 487 g/mol. The predicted octanol–water partition coefficient (Wildman–Crippen LogP) is 6.42. The number of hydrogen-bond donors (Lipinski definition) is 1. The molecule has 0 aliphatic heterocycles. The number of nitrogens with one attached hydrogen (secondary N) is 1. The Morgan fingerprint density at radius 1 is 1.03 bits per heavy atom. The summed E-state index contributed by atoms with van der Waals surface area (Å²) in [4.78, 5) is 24.3. The normalized spacial score (nSPS) is 13.0. The largest absolute Gasteiger partial charge is 0.353 e. The molecule has 0 spiro atoms. The number of halogens is 1. The van der Waals surface area contributed by atoms with Crippen LogP contribution in [0, 0.1) is 21.8 Å². The minimum atomic E-state index is -0.485. The Bertz CT molecular complexity index is 1380. The molecule has 0 unspecified atom stereocenters. The van der Waals surface area contributed by atoms with Crippen LogP contribution >= 0.6 is 0 Å². The predicted molar refractivity (Wildman–Crippen MR) is 139 cm³/mol. The van der Waals surface area contributed by atoms with Crippen molar-refractivity contribution in [2.24, 2.45) is 5.92 Å². The zero-order valence-electron chi connectivity index (χ0n) is 20.6. The highest BCUT2D eigenvalue weighted by atomic mass is 19.1. The highest BCUT2D eigenvalue weighted by Crippen LogP contribution is 2.37. The SMILES string of the molecule is CC(C)[C@@H](C)NC(=O)C[C@H](c1cccc(F)c1)c1cn(Cc2ccccc2)c2ccc([N+](=O)[O-])cc12. The summed E-state index contributed by atoms with van der Waals surface area (Å²) in [6.45, 7) is 6.58. The van der Waals surface area contributed by atoms with Crippen LogP contribution in [0.15, 0.2) is 79.0 Å². The third-order valence-electron chi connectivity index (χ3n) is 6.71. The molecule has 186 valence electrons. The Hall–Kier alpha value is -4.00. The van der Waals surface area contributed by atoms with E-state index in [-0.39, 0.29) is 30.0 Å². The van der Waals surface area contributed by atoms with E-state index < -0.39 is 16.7 Å². The van der Waals surface area contributed by atoms with Gasteiger partial charge in [-0.05, 0) is 47.7 Å². The topological polar surface area (TPSA) is 77.2 Å². The van der Waals surface area contributed by atoms with E-state index in [1.165, 1.54) is 18.2 Å². The maximum Gasteiger partial charge on any atom is 0.270 e. The highest BCUT2D eigenvalue weighted by molar-refractivity contribution is 5.88. The summed E-state index contributed by atoms with van der Waals surface area (Å²) in [7, 11) is 0. The van der Waals surface area contributed by atoms with E-state index in [9.17, 15) is 19.3 Å². The number of fused-ring (bicyclic) bond motifs is 1. The lowest BCUT2D eigenvalue weighted by Crippen LogP contribution is -2.36. The molecule has 0 bridgehead atoms. The number of hydrogen-bond acceptors (Lipinski definition) is 3. The number of nitro benzene ring substituents is 1. The average molecular weight is 488 g/mol. The molecule has 0 radical (unpaired) electrons. The average Bonchev–Trinajstić information content (AvgIpc) is 3.20. The van der Waals surface area contributed by atoms with E-state index in [1.807, 2.05) is 61.9 Å². The third-order valence-corrected chi connectivity index (χ3v) is 6.71. The van der Waals surface area contributed by atoms with Gasteiger partial charge in [0, 0.05) is 54.2 Å². The van der Waals surface area contributed by atoms with Gasteiger partial charge in [0.2, 0.25) is 5.91 Å². The Morgan fingerprint density at radius 3 is 2.44 bits per heavy atom. The van der Waals surface area contributed by atoms with Gasteiger partial charge in [0.15, 0.2) is 0 Å². The second-order valence-electron chi connectivity index (χ2n) is 9.57. The maximum atomic E-state index is 14.3. The van der Waals surface area contributed by atoms with Gasteiger partial charge in [-0.15, -0.1) is 0 Å². The lowest BCUT2D eigenvalue weighted by molar-refractivity contribution is -0.384. The smallest absolute Gasteiger partial charge is 0.270 e. The van der Waals surface area contributed by atoms with Gasteiger partial charge in [-0.1, -0.05) is 56.3 Å². The Balaban J connectivity index is 1.85. The molecule has 3 aromatic carbocycles. The first-order chi connectivity index (χ1) is 17.2. The fourth-order valence-corrected chi connectivity index (χ4v) is 4.41. The van der Waals surface area contributed by atoms with Crippen LogP contribution in [0.1, 0.15) is 49.8 Å². The number of carbonyl (C=O) groups excluding carboxylic acids is 1. The Labute approximate surface area is 209 Å². The molecular formula is C29H30FN3O3. The van der Waals surface area contributed by atoms with Crippen LogP contribution in [0.2, 0.25) is 0 Å². The van der Waals surface area contributed by atoms with Crippen molar-refractivity contribution in [3.05, 3.63) is 112 Å². The first-order valence-corrected chi connectivity index (χ1v) is 12.1. The number of amides is 1. The lowest BCUT2D eigenvalue weighted by Gasteiger charge is -2.21. The van der Waals surface area contributed by atoms with Gasteiger partial charge < -0.3 is 9.88 Å². The van der Waals surface area contributed by atoms with Crippen molar-refractivity contribution in [1.29, 1.82) is 0 Å². The minimum absolute atomic E-state index is 0.0221. The van der Waals surface area contributed by atoms with Crippen molar-refractivity contribution in [1.82, 2.24) is 9.88 Å². The Morgan fingerprint density at radius 2 is 1.78 bits per heavy atom. The molecule has 36 heavy (non-hydrogen) atoms. The van der Waals surface area contributed by atoms with Gasteiger partial charge in [-0.25, -0.2) is 4.39 Å². The zero-order chi connectivity index (χ0) is 25.8. The summed E-state index contributed by atoms with van der Waals surface area (Å²) in [5.41, 5.74) is 3.26. The van der Waals surface area contributed by atoms with Crippen molar-refractivity contribution >= 4 is 22.5 Å². The highest BCUT2D eigenvalue weighted by Gasteiger charge is 2.25. The fourth-order valence-electron chi connectivity index (χ4n) is 4.41. The van der Waals surface area contributed by atoms with E-state index >= 15 is 0 Å². The summed E-state index contributed by atoms with van der Waals surface area (Å²) in [5.74, 6) is -0.772. The van der Waals surface area contributed by atoms with Crippen LogP contribution < -0.4 is 5.32 Å². The maximum absolute atomic E-state index is 14.3. The molecule has 2 atom stereocenters. The van der Waals surface area contributed by atoms with E-state index in [2.05, 4.69) is 5.32 Å². The van der Waals surface area contributed by atoms with Gasteiger partial charge in [-0.3, -0.25) is 14.9 Å². The van der Waals surface area contributed by atoms with E-state index in [1.54, 1.807) is 24.3 Å². The van der Waals surface area contributed by atoms with Gasteiger partial charge >= 0.3 is 0 Å². The van der Waals surface area contributed by atoms with Gasteiger partial charge in [0.05, 0.1) is 4.92 Å². The summed E-state index contributed by atoms with van der Waals surface area (Å²) in [6, 6.07) is 20.9. The molecule has 1 amide bonds. The molecule has 0 aliphatic rings. The second-order valence-corrected chi connectivity index (χ2v) is 9.57. The number of non-ortho nitro benzene ring substituents is 1. The molecule has 0 fully saturated rings. The molecule has 0 saturated heterocycles. The first-order valence-electron chi connectivity index (χ1n) is 12.1. The van der Waals surface area contributed by atoms with E-state index in [4.69, 9.17) is 0 Å². The van der Waals surface area contributed by atoms with Crippen molar-refractivity contribution < 1.29 is 14.1 Å². The summed E-state index contributed by atoms with van der Waals surface area (Å²) >= 11 is 0. The van der Waals surface area contributed by atoms with Gasteiger partial charge in [0.1, 0.15) is 5.82 Å². The third kappa shape index (κ3) is 5.62. The lowest BCUT2D eigenvalue weighted by atomic mass is 9.87. The number of nitro groups is 1. The molecular weight excluding hydrogens is 457 g/mol. The van der Waals surface area contributed by atoms with Crippen molar-refractivity contribution in [2.45, 2.75) is 45.7 Å². The van der Waals surface area contributed by atoms with Gasteiger partial charge in [-0.2, -0.15) is 0 Å². The Kier molecular flexibility index (Phi) is 7.48. The number of aromatic nitrogens is 1. The van der Waals surface area contributed by atoms with Crippen LogP contribution in [-0.2, 0) is 11.3 Å². The number of nitrogens with zero attached hydrogens (tertiary/aromatic N) is 2. The summed E-state index contributed by atoms with van der Waals surface area (Å²) in [6.07, 6.45) is 2.03. The quantitative estimate of drug-likeness (QED) is 0.219. The molecule has 1 aromatic heterocycles. The fraction of sp³-hybridized carbons (Fsp3) is 0.276. The first kappa shape index (κ1) is 25.1. The zero-order valence-corrected chi connectivity index (χ0v) is 20.6. The number of carbonyl (C=O) groups is 1. The van der Waals surface area contributed by atoms with Crippen LogP contribution in [-0.4, -0.2) is 21.4 Å².